The number of halogens is 4. The molecule has 6 rings (SSSR count). The number of nitrogen functional groups attached to an aromatic ring is 1. The van der Waals surface area contributed by atoms with E-state index < -0.39 is 29.7 Å². The molecule has 42 heavy (non-hydrogen) atoms. The van der Waals surface area contributed by atoms with Crippen LogP contribution in [0.25, 0.3) is 22.2 Å². The molecular formula is C27H32ClF3N8O3. The topological polar surface area (TPSA) is 151 Å². The summed E-state index contributed by atoms with van der Waals surface area (Å²) in [5, 5.41) is 22.3. The van der Waals surface area contributed by atoms with E-state index in [1.807, 2.05) is 0 Å². The summed E-state index contributed by atoms with van der Waals surface area (Å²) in [6.07, 6.45) is -0.446. The van der Waals surface area contributed by atoms with Gasteiger partial charge in [0.1, 0.15) is 29.9 Å². The van der Waals surface area contributed by atoms with Gasteiger partial charge < -0.3 is 25.7 Å². The minimum Gasteiger partial charge on any atom is -0.385 e. The largest absolute Gasteiger partial charge is 0.417 e. The molecule has 0 bridgehead atoms. The van der Waals surface area contributed by atoms with Crippen LogP contribution >= 0.6 is 11.6 Å². The average Bonchev–Trinajstić information content (AvgIpc) is 3.58. The highest BCUT2D eigenvalue weighted by Crippen LogP contribution is 2.39. The average molecular weight is 609 g/mol. The number of imidazole rings is 2. The van der Waals surface area contributed by atoms with Crippen molar-refractivity contribution in [1.29, 1.82) is 0 Å². The third-order valence-corrected chi connectivity index (χ3v) is 8.88. The second-order valence-corrected chi connectivity index (χ2v) is 12.0. The van der Waals surface area contributed by atoms with E-state index in [9.17, 15) is 23.4 Å². The Morgan fingerprint density at radius 1 is 1.26 bits per heavy atom. The minimum absolute atomic E-state index is 0.138. The van der Waals surface area contributed by atoms with Crippen molar-refractivity contribution >= 4 is 39.6 Å². The summed E-state index contributed by atoms with van der Waals surface area (Å²) >= 11 is 5.84. The SMILES string of the molecule is CC(C)N(C[C@H]1OC[C@@](O)(n2cnc3c(N)ncnc32)[C@@H]1O)[C@H]1C[C@H](CCc2nc3cc(Cl)c(C(F)(F)F)cc3[nH]2)C1. The lowest BCUT2D eigenvalue weighted by molar-refractivity contribution is -0.137. The van der Waals surface area contributed by atoms with E-state index in [0.717, 1.165) is 25.3 Å². The van der Waals surface area contributed by atoms with Gasteiger partial charge in [0.05, 0.1) is 34.6 Å². The highest BCUT2D eigenvalue weighted by Gasteiger charge is 2.51. The number of nitrogens with two attached hydrogens (primary N) is 1. The number of aromatic nitrogens is 6. The molecule has 0 radical (unpaired) electrons. The third kappa shape index (κ3) is 5.08. The molecule has 2 aliphatic rings. The number of H-pyrrole nitrogens is 1. The van der Waals surface area contributed by atoms with Crippen LogP contribution in [-0.4, -0.2) is 82.0 Å². The fraction of sp³-hybridized carbons (Fsp3) is 0.556. The normalized spacial score (nSPS) is 26.6. The van der Waals surface area contributed by atoms with Gasteiger partial charge in [0.15, 0.2) is 17.2 Å². The zero-order valence-electron chi connectivity index (χ0n) is 23.0. The molecule has 1 saturated carbocycles. The lowest BCUT2D eigenvalue weighted by Crippen LogP contribution is -2.54. The van der Waals surface area contributed by atoms with Gasteiger partial charge in [-0.15, -0.1) is 0 Å². The first-order chi connectivity index (χ1) is 19.8. The quantitative estimate of drug-likeness (QED) is 0.236. The summed E-state index contributed by atoms with van der Waals surface area (Å²) in [4.78, 5) is 22.0. The Morgan fingerprint density at radius 3 is 2.74 bits per heavy atom. The molecule has 3 aromatic heterocycles. The lowest BCUT2D eigenvalue weighted by Gasteiger charge is -2.46. The fourth-order valence-electron chi connectivity index (χ4n) is 6.16. The molecule has 226 valence electrons. The molecule has 1 aliphatic carbocycles. The molecule has 15 heteroatoms. The van der Waals surface area contributed by atoms with Gasteiger partial charge in [-0.3, -0.25) is 9.47 Å². The lowest BCUT2D eigenvalue weighted by atomic mass is 9.76. The van der Waals surface area contributed by atoms with Crippen LogP contribution in [0.4, 0.5) is 19.0 Å². The van der Waals surface area contributed by atoms with Crippen LogP contribution in [-0.2, 0) is 23.1 Å². The second kappa shape index (κ2) is 10.6. The highest BCUT2D eigenvalue weighted by molar-refractivity contribution is 6.32. The molecule has 2 fully saturated rings. The first-order valence-corrected chi connectivity index (χ1v) is 14.2. The number of ether oxygens (including phenoxy) is 1. The number of nitrogens with zero attached hydrogens (tertiary/aromatic N) is 6. The Bertz CT molecular complexity index is 1600. The summed E-state index contributed by atoms with van der Waals surface area (Å²) in [6.45, 7) is 4.45. The number of aryl methyl sites for hydroxylation is 1. The monoisotopic (exact) mass is 608 g/mol. The van der Waals surface area contributed by atoms with Gasteiger partial charge in [0.25, 0.3) is 0 Å². The van der Waals surface area contributed by atoms with Crippen molar-refractivity contribution in [1.82, 2.24) is 34.4 Å². The van der Waals surface area contributed by atoms with E-state index in [0.29, 0.717) is 46.9 Å². The fourth-order valence-corrected chi connectivity index (χ4v) is 6.43. The minimum atomic E-state index is -4.53. The van der Waals surface area contributed by atoms with Crippen molar-refractivity contribution < 1.29 is 28.1 Å². The Balaban J connectivity index is 1.06. The Morgan fingerprint density at radius 2 is 2.02 bits per heavy atom. The van der Waals surface area contributed by atoms with E-state index in [4.69, 9.17) is 22.1 Å². The zero-order valence-corrected chi connectivity index (χ0v) is 23.8. The van der Waals surface area contributed by atoms with Gasteiger partial charge in [0, 0.05) is 25.0 Å². The maximum absolute atomic E-state index is 13.2. The van der Waals surface area contributed by atoms with Crippen LogP contribution in [0.5, 0.6) is 0 Å². The number of hydrogen-bond acceptors (Lipinski definition) is 9. The molecule has 5 N–H and O–H groups in total. The number of rotatable bonds is 8. The summed E-state index contributed by atoms with van der Waals surface area (Å²) in [5.41, 5.74) is 4.61. The maximum Gasteiger partial charge on any atom is 0.417 e. The van der Waals surface area contributed by atoms with Crippen molar-refractivity contribution in [2.24, 2.45) is 5.92 Å². The summed E-state index contributed by atoms with van der Waals surface area (Å²) in [5.74, 6) is 1.23. The van der Waals surface area contributed by atoms with Gasteiger partial charge in [-0.1, -0.05) is 11.6 Å². The van der Waals surface area contributed by atoms with E-state index in [-0.39, 0.29) is 29.5 Å². The number of fused-ring (bicyclic) bond motifs is 2. The van der Waals surface area contributed by atoms with Crippen molar-refractivity contribution in [2.75, 3.05) is 18.9 Å². The number of hydrogen-bond donors (Lipinski definition) is 4. The maximum atomic E-state index is 13.2. The van der Waals surface area contributed by atoms with Crippen LogP contribution in [0, 0.1) is 5.92 Å². The first kappa shape index (κ1) is 29.1. The summed E-state index contributed by atoms with van der Waals surface area (Å²) in [6, 6.07) is 2.70. The van der Waals surface area contributed by atoms with Crippen LogP contribution < -0.4 is 5.73 Å². The standard InChI is InChI=1S/C27H32ClF3N8O3/c1-13(2)38(9-20-23(40)26(41,10-42-20)39-12-35-22-24(32)33-11-34-25(22)39)15-5-14(6-15)3-4-21-36-18-7-16(27(29,30)31)17(28)8-19(18)37-21/h7-8,11-15,20,23,40-41H,3-6,9-10H2,1-2H3,(H,36,37)(H2,32,33,34)/t14-,15-,20-,23-,26+/m1/s1. The van der Waals surface area contributed by atoms with Gasteiger partial charge in [-0.25, -0.2) is 19.9 Å². The van der Waals surface area contributed by atoms with E-state index in [2.05, 4.69) is 43.7 Å². The second-order valence-electron chi connectivity index (χ2n) is 11.6. The molecule has 0 unspecified atom stereocenters. The molecule has 11 nitrogen and oxygen atoms in total. The van der Waals surface area contributed by atoms with Crippen molar-refractivity contribution in [3.05, 3.63) is 41.2 Å². The molecule has 3 atom stereocenters. The predicted octanol–water partition coefficient (Wildman–Crippen LogP) is 3.48. The highest BCUT2D eigenvalue weighted by atomic mass is 35.5. The van der Waals surface area contributed by atoms with Crippen LogP contribution in [0.15, 0.2) is 24.8 Å². The van der Waals surface area contributed by atoms with Gasteiger partial charge in [-0.2, -0.15) is 13.2 Å². The van der Waals surface area contributed by atoms with E-state index >= 15 is 0 Å². The molecule has 0 spiro atoms. The van der Waals surface area contributed by atoms with Crippen molar-refractivity contribution in [3.8, 4) is 0 Å². The van der Waals surface area contributed by atoms with Crippen LogP contribution in [0.2, 0.25) is 5.02 Å². The van der Waals surface area contributed by atoms with Crippen LogP contribution in [0.3, 0.4) is 0 Å². The molecule has 1 saturated heterocycles. The molecule has 0 amide bonds. The van der Waals surface area contributed by atoms with Crippen molar-refractivity contribution in [3.63, 3.8) is 0 Å². The summed E-state index contributed by atoms with van der Waals surface area (Å²) in [7, 11) is 0. The number of nitrogens with one attached hydrogen (secondary N) is 1. The number of aliphatic hydroxyl groups is 2. The third-order valence-electron chi connectivity index (χ3n) is 8.56. The van der Waals surface area contributed by atoms with Crippen LogP contribution in [0.1, 0.15) is 44.5 Å². The van der Waals surface area contributed by atoms with Crippen molar-refractivity contribution in [2.45, 2.75) is 75.7 Å². The molecule has 4 aromatic rings. The molecule has 1 aromatic carbocycles. The number of anilines is 1. The Labute approximate surface area is 243 Å². The van der Waals surface area contributed by atoms with E-state index in [1.54, 1.807) is 0 Å². The number of aromatic amines is 1. The summed E-state index contributed by atoms with van der Waals surface area (Å²) < 4.78 is 46.9. The number of alkyl halides is 3. The predicted molar refractivity (Wildman–Crippen MR) is 148 cm³/mol. The Hall–Kier alpha value is -3.04. The number of benzene rings is 1. The molecular weight excluding hydrogens is 577 g/mol. The molecule has 1 aliphatic heterocycles. The smallest absolute Gasteiger partial charge is 0.385 e. The Kier molecular flexibility index (Phi) is 7.33. The zero-order chi connectivity index (χ0) is 30.0. The van der Waals surface area contributed by atoms with Gasteiger partial charge in [0.2, 0.25) is 0 Å². The van der Waals surface area contributed by atoms with Gasteiger partial charge in [-0.05, 0) is 51.2 Å². The van der Waals surface area contributed by atoms with Gasteiger partial charge >= 0.3 is 6.18 Å². The van der Waals surface area contributed by atoms with E-state index in [1.165, 1.54) is 23.3 Å². The molecule has 4 heterocycles. The first-order valence-electron chi connectivity index (χ1n) is 13.8. The number of aliphatic hydroxyl groups excluding tert-OH is 1.